The van der Waals surface area contributed by atoms with Crippen molar-refractivity contribution >= 4 is 11.8 Å². The largest absolute Gasteiger partial charge is 0.378 e. The molecule has 0 bridgehead atoms. The van der Waals surface area contributed by atoms with Crippen molar-refractivity contribution in [3.05, 3.63) is 0 Å². The maximum absolute atomic E-state index is 12.5. The Morgan fingerprint density at radius 1 is 0.600 bits per heavy atom. The minimum Gasteiger partial charge on any atom is -0.378 e. The molecule has 7 nitrogen and oxygen atoms in total. The first kappa shape index (κ1) is 18.6. The van der Waals surface area contributed by atoms with E-state index in [2.05, 4.69) is 9.80 Å². The Morgan fingerprint density at radius 3 is 1.52 bits per heavy atom. The fourth-order valence-electron chi connectivity index (χ4n) is 3.82. The van der Waals surface area contributed by atoms with Crippen LogP contribution < -0.4 is 0 Å². The molecule has 3 aliphatic rings. The van der Waals surface area contributed by atoms with E-state index in [1.807, 2.05) is 9.80 Å². The average molecular weight is 352 g/mol. The summed E-state index contributed by atoms with van der Waals surface area (Å²) in [7, 11) is 0. The van der Waals surface area contributed by atoms with E-state index in [-0.39, 0.29) is 11.8 Å². The van der Waals surface area contributed by atoms with Gasteiger partial charge in [-0.05, 0) is 12.8 Å². The van der Waals surface area contributed by atoms with Crippen LogP contribution >= 0.6 is 0 Å². The van der Waals surface area contributed by atoms with Crippen molar-refractivity contribution in [2.75, 3.05) is 78.7 Å². The van der Waals surface area contributed by atoms with Crippen LogP contribution in [-0.2, 0) is 14.3 Å². The van der Waals surface area contributed by atoms with E-state index in [0.717, 1.165) is 52.1 Å². The van der Waals surface area contributed by atoms with Crippen LogP contribution in [0, 0.1) is 0 Å². The second-order valence-electron chi connectivity index (χ2n) is 7.34. The van der Waals surface area contributed by atoms with E-state index < -0.39 is 0 Å². The molecule has 0 aromatic rings. The molecule has 3 saturated heterocycles. The third-order valence-corrected chi connectivity index (χ3v) is 5.51. The zero-order chi connectivity index (χ0) is 17.5. The predicted molar refractivity (Wildman–Crippen MR) is 95.3 cm³/mol. The summed E-state index contributed by atoms with van der Waals surface area (Å²) >= 11 is 0. The summed E-state index contributed by atoms with van der Waals surface area (Å²) in [5.74, 6) is 0.483. The molecule has 7 heteroatoms. The minimum absolute atomic E-state index is 0.206. The first-order valence-electron chi connectivity index (χ1n) is 9.80. The van der Waals surface area contributed by atoms with E-state index in [4.69, 9.17) is 4.74 Å². The SMILES string of the molecule is O=C(CN1CCN(CC(=O)N2CCOCC2)CC1)N1CCCCCC1. The van der Waals surface area contributed by atoms with Gasteiger partial charge in [-0.3, -0.25) is 19.4 Å². The minimum atomic E-state index is 0.206. The van der Waals surface area contributed by atoms with Crippen LogP contribution in [0.15, 0.2) is 0 Å². The first-order valence-corrected chi connectivity index (χ1v) is 9.80. The van der Waals surface area contributed by atoms with E-state index in [0.29, 0.717) is 39.4 Å². The maximum atomic E-state index is 12.5. The van der Waals surface area contributed by atoms with Gasteiger partial charge in [0.15, 0.2) is 0 Å². The van der Waals surface area contributed by atoms with Crippen LogP contribution in [0.25, 0.3) is 0 Å². The summed E-state index contributed by atoms with van der Waals surface area (Å²) < 4.78 is 5.30. The number of ether oxygens (including phenoxy) is 1. The lowest BCUT2D eigenvalue weighted by molar-refractivity contribution is -0.138. The first-order chi connectivity index (χ1) is 12.2. The number of morpholine rings is 1. The lowest BCUT2D eigenvalue weighted by Gasteiger charge is -2.36. The molecule has 0 spiro atoms. The number of hydrogen-bond donors (Lipinski definition) is 0. The highest BCUT2D eigenvalue weighted by molar-refractivity contribution is 5.79. The van der Waals surface area contributed by atoms with Crippen molar-refractivity contribution in [1.29, 1.82) is 0 Å². The van der Waals surface area contributed by atoms with E-state index in [9.17, 15) is 9.59 Å². The molecule has 0 unspecified atom stereocenters. The molecule has 0 N–H and O–H groups in total. The Morgan fingerprint density at radius 2 is 1.04 bits per heavy atom. The molecule has 3 fully saturated rings. The number of likely N-dealkylation sites (tertiary alicyclic amines) is 1. The van der Waals surface area contributed by atoms with Gasteiger partial charge in [-0.1, -0.05) is 12.8 Å². The van der Waals surface area contributed by atoms with E-state index in [1.165, 1.54) is 12.8 Å². The molecular formula is C18H32N4O3. The molecule has 0 saturated carbocycles. The van der Waals surface area contributed by atoms with Crippen molar-refractivity contribution < 1.29 is 14.3 Å². The molecule has 0 radical (unpaired) electrons. The molecule has 0 aliphatic carbocycles. The lowest BCUT2D eigenvalue weighted by Crippen LogP contribution is -2.53. The molecule has 142 valence electrons. The van der Waals surface area contributed by atoms with Gasteiger partial charge in [0.25, 0.3) is 0 Å². The molecule has 3 aliphatic heterocycles. The molecule has 25 heavy (non-hydrogen) atoms. The third-order valence-electron chi connectivity index (χ3n) is 5.51. The summed E-state index contributed by atoms with van der Waals surface area (Å²) in [6.45, 7) is 9.07. The summed E-state index contributed by atoms with van der Waals surface area (Å²) in [4.78, 5) is 33.2. The summed E-state index contributed by atoms with van der Waals surface area (Å²) in [6, 6.07) is 0. The summed E-state index contributed by atoms with van der Waals surface area (Å²) in [5, 5.41) is 0. The Kier molecular flexibility index (Phi) is 7.07. The van der Waals surface area contributed by atoms with Gasteiger partial charge in [-0.25, -0.2) is 0 Å². The maximum Gasteiger partial charge on any atom is 0.236 e. The highest BCUT2D eigenvalue weighted by Gasteiger charge is 2.25. The Labute approximate surface area is 150 Å². The van der Waals surface area contributed by atoms with Gasteiger partial charge in [-0.2, -0.15) is 0 Å². The molecule has 0 aromatic carbocycles. The summed E-state index contributed by atoms with van der Waals surface area (Å²) in [6.07, 6.45) is 4.78. The average Bonchev–Trinajstić information content (AvgIpc) is 2.93. The number of amides is 2. The van der Waals surface area contributed by atoms with Crippen molar-refractivity contribution in [2.24, 2.45) is 0 Å². The van der Waals surface area contributed by atoms with E-state index in [1.54, 1.807) is 0 Å². The number of carbonyl (C=O) groups excluding carboxylic acids is 2. The van der Waals surface area contributed by atoms with Crippen LogP contribution in [0.5, 0.6) is 0 Å². The summed E-state index contributed by atoms with van der Waals surface area (Å²) in [5.41, 5.74) is 0. The Hall–Kier alpha value is -1.18. The van der Waals surface area contributed by atoms with Gasteiger partial charge >= 0.3 is 0 Å². The molecule has 3 heterocycles. The number of nitrogens with zero attached hydrogens (tertiary/aromatic N) is 4. The van der Waals surface area contributed by atoms with Gasteiger partial charge in [-0.15, -0.1) is 0 Å². The Bertz CT molecular complexity index is 438. The second kappa shape index (κ2) is 9.50. The zero-order valence-electron chi connectivity index (χ0n) is 15.3. The monoisotopic (exact) mass is 352 g/mol. The fourth-order valence-corrected chi connectivity index (χ4v) is 3.82. The van der Waals surface area contributed by atoms with Gasteiger partial charge in [0.1, 0.15) is 0 Å². The standard InChI is InChI=1S/C18H32N4O3/c23-17(21-5-3-1-2-4-6-21)15-19-7-9-20(10-8-19)16-18(24)22-11-13-25-14-12-22/h1-16H2. The number of piperazine rings is 1. The number of carbonyl (C=O) groups is 2. The van der Waals surface area contributed by atoms with Crippen LogP contribution in [0.4, 0.5) is 0 Å². The highest BCUT2D eigenvalue weighted by Crippen LogP contribution is 2.11. The van der Waals surface area contributed by atoms with Crippen LogP contribution in [0.1, 0.15) is 25.7 Å². The van der Waals surface area contributed by atoms with Crippen LogP contribution in [0.3, 0.4) is 0 Å². The van der Waals surface area contributed by atoms with Gasteiger partial charge in [0.05, 0.1) is 26.3 Å². The molecule has 2 amide bonds. The molecule has 3 rings (SSSR count). The topological polar surface area (TPSA) is 56.3 Å². The Balaban J connectivity index is 1.36. The normalized spacial score (nSPS) is 24.2. The predicted octanol–water partition coefficient (Wildman–Crippen LogP) is -0.135. The number of rotatable bonds is 4. The zero-order valence-corrected chi connectivity index (χ0v) is 15.3. The van der Waals surface area contributed by atoms with Crippen molar-refractivity contribution in [2.45, 2.75) is 25.7 Å². The smallest absolute Gasteiger partial charge is 0.236 e. The quantitative estimate of drug-likeness (QED) is 0.705. The van der Waals surface area contributed by atoms with Crippen molar-refractivity contribution in [3.8, 4) is 0 Å². The molecule has 0 atom stereocenters. The molecule has 0 aromatic heterocycles. The fraction of sp³-hybridized carbons (Fsp3) is 0.889. The van der Waals surface area contributed by atoms with E-state index >= 15 is 0 Å². The molecular weight excluding hydrogens is 320 g/mol. The van der Waals surface area contributed by atoms with Gasteiger partial charge in [0, 0.05) is 52.4 Å². The van der Waals surface area contributed by atoms with Crippen LogP contribution in [0.2, 0.25) is 0 Å². The number of hydrogen-bond acceptors (Lipinski definition) is 5. The van der Waals surface area contributed by atoms with Crippen molar-refractivity contribution in [1.82, 2.24) is 19.6 Å². The lowest BCUT2D eigenvalue weighted by atomic mass is 10.2. The van der Waals surface area contributed by atoms with Gasteiger partial charge < -0.3 is 14.5 Å². The van der Waals surface area contributed by atoms with Crippen LogP contribution in [-0.4, -0.2) is 110 Å². The van der Waals surface area contributed by atoms with Gasteiger partial charge in [0.2, 0.25) is 11.8 Å². The van der Waals surface area contributed by atoms with Crippen molar-refractivity contribution in [3.63, 3.8) is 0 Å². The third kappa shape index (κ3) is 5.66. The highest BCUT2D eigenvalue weighted by atomic mass is 16.5. The second-order valence-corrected chi connectivity index (χ2v) is 7.34.